The molecule has 4 saturated carbocycles. The number of fused-ring (bicyclic) bond motifs is 4. The number of hydrogen-bond acceptors (Lipinski definition) is 4. The Morgan fingerprint density at radius 1 is 0.760 bits per heavy atom. The summed E-state index contributed by atoms with van der Waals surface area (Å²) in [7, 11) is 0. The summed E-state index contributed by atoms with van der Waals surface area (Å²) in [5.74, 6) is 2.34. The van der Waals surface area contributed by atoms with Crippen LogP contribution in [0, 0.1) is 24.8 Å². The fourth-order valence-corrected chi connectivity index (χ4v) is 9.44. The number of para-hydroxylation sites is 1. The van der Waals surface area contributed by atoms with Gasteiger partial charge in [-0.2, -0.15) is 0 Å². The molecule has 3 aromatic carbocycles. The van der Waals surface area contributed by atoms with E-state index in [9.17, 15) is 9.90 Å². The number of carbonyl (C=O) groups excluding carboxylic acids is 1. The molecule has 5 aromatic rings. The van der Waals surface area contributed by atoms with Crippen molar-refractivity contribution in [1.82, 2.24) is 4.98 Å². The van der Waals surface area contributed by atoms with Gasteiger partial charge in [0, 0.05) is 49.6 Å². The zero-order chi connectivity index (χ0) is 33.3. The number of ketones is 1. The number of hydrogen-bond donors (Lipinski definition) is 1. The van der Waals surface area contributed by atoms with Gasteiger partial charge in [0.25, 0.3) is 0 Å². The van der Waals surface area contributed by atoms with Crippen molar-refractivity contribution in [3.8, 4) is 11.3 Å². The molecular weight excluding hydrogens is 795 g/mol. The monoisotopic (exact) mass is 845 g/mol. The first kappa shape index (κ1) is 35.1. The van der Waals surface area contributed by atoms with Gasteiger partial charge in [-0.1, -0.05) is 106 Å². The predicted molar refractivity (Wildman–Crippen MR) is 200 cm³/mol. The van der Waals surface area contributed by atoms with E-state index in [0.717, 1.165) is 64.4 Å². The van der Waals surface area contributed by atoms with Gasteiger partial charge in [0.1, 0.15) is 5.58 Å². The maximum absolute atomic E-state index is 11.8. The summed E-state index contributed by atoms with van der Waals surface area (Å²) in [6.07, 6.45) is 23.2. The molecule has 2 heterocycles. The number of aliphatic hydroxyl groups is 1. The van der Waals surface area contributed by atoms with E-state index in [4.69, 9.17) is 9.40 Å². The molecule has 4 fully saturated rings. The Balaban J connectivity index is 0.000000207. The Kier molecular flexibility index (Phi) is 10.9. The summed E-state index contributed by atoms with van der Waals surface area (Å²) in [6.45, 7) is 2.12. The SMILES string of the molecule is Cc1[c-]c(-c2ncc(C3CCCC3)c3cc(C4CCCC4)ccc23)c2oc3ccccc3c2c1.O=C(/C=C(\O)C1CCCC1)C1CCCC1.[Ir]. The number of rotatable bonds is 6. The molecule has 1 N–H and O–H groups in total. The summed E-state index contributed by atoms with van der Waals surface area (Å²) < 4.78 is 6.41. The van der Waals surface area contributed by atoms with Gasteiger partial charge >= 0.3 is 0 Å². The largest absolute Gasteiger partial charge is 0.512 e. The summed E-state index contributed by atoms with van der Waals surface area (Å²) in [6, 6.07) is 21.4. The number of aryl methyl sites for hydroxylation is 1. The van der Waals surface area contributed by atoms with E-state index in [-0.39, 0.29) is 37.7 Å². The molecule has 9 rings (SSSR count). The molecule has 4 nitrogen and oxygen atoms in total. The van der Waals surface area contributed by atoms with Crippen molar-refractivity contribution >= 4 is 38.5 Å². The third-order valence-electron chi connectivity index (χ3n) is 12.2. The minimum Gasteiger partial charge on any atom is -0.512 e. The van der Waals surface area contributed by atoms with E-state index in [0.29, 0.717) is 17.6 Å². The Morgan fingerprint density at radius 3 is 2.12 bits per heavy atom. The number of nitrogens with zero attached hydrogens (tertiary/aromatic N) is 1. The smallest absolute Gasteiger partial charge is 0.162 e. The van der Waals surface area contributed by atoms with Gasteiger partial charge < -0.3 is 14.5 Å². The first-order valence-corrected chi connectivity index (χ1v) is 19.2. The standard InChI is InChI=1S/C32H30NO.C13H20O2.Ir/c1-20-16-27-24-12-6-7-13-30(24)34-32(27)28(17-20)31-25-15-14-23(21-8-2-3-9-21)18-26(25)29(19-33-31)22-10-4-5-11-22;14-12(10-5-1-2-6-10)9-13(15)11-7-3-4-8-11;/h6-7,12-16,18-19,21-22H,2-5,8-11H2,1H3;9-11,14H,1-8H2;/q-1;;/b;12-9-;. The van der Waals surface area contributed by atoms with Crippen LogP contribution in [0.3, 0.4) is 0 Å². The fraction of sp³-hybridized carbons (Fsp3) is 0.467. The van der Waals surface area contributed by atoms with Crippen LogP contribution in [0.25, 0.3) is 44.0 Å². The van der Waals surface area contributed by atoms with Gasteiger partial charge in [-0.15, -0.1) is 17.7 Å². The summed E-state index contributed by atoms with van der Waals surface area (Å²) in [5, 5.41) is 14.8. The molecular formula is C45H50IrNO3-. The van der Waals surface area contributed by atoms with Crippen LogP contribution in [0.4, 0.5) is 0 Å². The van der Waals surface area contributed by atoms with Crippen LogP contribution in [0.5, 0.6) is 0 Å². The van der Waals surface area contributed by atoms with Gasteiger partial charge in [-0.3, -0.25) is 4.79 Å². The zero-order valence-electron chi connectivity index (χ0n) is 29.4. The van der Waals surface area contributed by atoms with Crippen molar-refractivity contribution in [1.29, 1.82) is 0 Å². The number of carbonyl (C=O) groups is 1. The Hall–Kier alpha value is -3.27. The second kappa shape index (κ2) is 15.5. The minimum atomic E-state index is 0. The predicted octanol–water partition coefficient (Wildman–Crippen LogP) is 12.6. The van der Waals surface area contributed by atoms with Crippen LogP contribution in [-0.2, 0) is 24.9 Å². The molecule has 4 aliphatic rings. The van der Waals surface area contributed by atoms with Crippen LogP contribution in [0.15, 0.2) is 71.0 Å². The molecule has 1 radical (unpaired) electrons. The third kappa shape index (κ3) is 7.10. The van der Waals surface area contributed by atoms with Crippen LogP contribution < -0.4 is 0 Å². The Morgan fingerprint density at radius 2 is 1.40 bits per heavy atom. The molecule has 5 heteroatoms. The normalized spacial score (nSPS) is 19.4. The molecule has 0 unspecified atom stereocenters. The summed E-state index contributed by atoms with van der Waals surface area (Å²) in [4.78, 5) is 16.9. The molecule has 0 atom stereocenters. The third-order valence-corrected chi connectivity index (χ3v) is 12.2. The molecule has 4 aliphatic carbocycles. The number of allylic oxidation sites excluding steroid dienone is 2. The number of pyridine rings is 1. The van der Waals surface area contributed by atoms with Gasteiger partial charge in [0.05, 0.1) is 11.3 Å². The Bertz CT molecular complexity index is 2000. The van der Waals surface area contributed by atoms with Crippen molar-refractivity contribution in [2.24, 2.45) is 11.8 Å². The summed E-state index contributed by atoms with van der Waals surface area (Å²) in [5.41, 5.74) is 7.90. The summed E-state index contributed by atoms with van der Waals surface area (Å²) >= 11 is 0. The van der Waals surface area contributed by atoms with Crippen molar-refractivity contribution in [3.63, 3.8) is 0 Å². The van der Waals surface area contributed by atoms with E-state index < -0.39 is 0 Å². The van der Waals surface area contributed by atoms with Crippen LogP contribution >= 0.6 is 0 Å². The van der Waals surface area contributed by atoms with E-state index in [1.54, 1.807) is 0 Å². The first-order chi connectivity index (χ1) is 24.0. The van der Waals surface area contributed by atoms with Gasteiger partial charge in [-0.25, -0.2) is 0 Å². The molecule has 0 spiro atoms. The van der Waals surface area contributed by atoms with E-state index in [1.165, 1.54) is 105 Å². The molecule has 0 amide bonds. The average Bonchev–Trinajstić information content (AvgIpc) is 3.97. The van der Waals surface area contributed by atoms with Gasteiger partial charge in [0.15, 0.2) is 5.78 Å². The second-order valence-electron chi connectivity index (χ2n) is 15.4. The average molecular weight is 845 g/mol. The zero-order valence-corrected chi connectivity index (χ0v) is 31.8. The van der Waals surface area contributed by atoms with Crippen LogP contribution in [0.1, 0.15) is 131 Å². The number of furan rings is 1. The number of benzene rings is 3. The molecule has 0 aliphatic heterocycles. The molecule has 0 bridgehead atoms. The topological polar surface area (TPSA) is 63.3 Å². The van der Waals surface area contributed by atoms with Gasteiger partial charge in [0.2, 0.25) is 0 Å². The first-order valence-electron chi connectivity index (χ1n) is 19.2. The van der Waals surface area contributed by atoms with Crippen molar-refractivity contribution in [2.75, 3.05) is 0 Å². The van der Waals surface area contributed by atoms with Crippen molar-refractivity contribution < 1.29 is 34.4 Å². The molecule has 0 saturated heterocycles. The minimum absolute atomic E-state index is 0. The van der Waals surface area contributed by atoms with Crippen LogP contribution in [-0.4, -0.2) is 15.9 Å². The fourth-order valence-electron chi connectivity index (χ4n) is 9.44. The number of aromatic nitrogens is 1. The van der Waals surface area contributed by atoms with Crippen molar-refractivity contribution in [2.45, 2.75) is 121 Å². The number of aliphatic hydroxyl groups excluding tert-OH is 1. The van der Waals surface area contributed by atoms with Crippen LogP contribution in [0.2, 0.25) is 0 Å². The van der Waals surface area contributed by atoms with Gasteiger partial charge in [-0.05, 0) is 96.9 Å². The Labute approximate surface area is 310 Å². The van der Waals surface area contributed by atoms with E-state index >= 15 is 0 Å². The molecule has 50 heavy (non-hydrogen) atoms. The maximum atomic E-state index is 11.8. The quantitative estimate of drug-likeness (QED) is 0.105. The maximum Gasteiger partial charge on any atom is 0.162 e. The second-order valence-corrected chi connectivity index (χ2v) is 15.4. The molecule has 2 aromatic heterocycles. The van der Waals surface area contributed by atoms with E-state index in [1.807, 2.05) is 6.07 Å². The van der Waals surface area contributed by atoms with Crippen molar-refractivity contribution in [3.05, 3.63) is 89.3 Å². The molecule has 263 valence electrons. The van der Waals surface area contributed by atoms with E-state index in [2.05, 4.69) is 61.7 Å².